The molecule has 0 unspecified atom stereocenters. The molecule has 1 aliphatic carbocycles. The molecule has 2 heterocycles. The third-order valence-corrected chi connectivity index (χ3v) is 8.16. The second-order valence-corrected chi connectivity index (χ2v) is 10.3. The van der Waals surface area contributed by atoms with Crippen LogP contribution in [0.4, 0.5) is 0 Å². The molecule has 0 amide bonds. The van der Waals surface area contributed by atoms with Crippen LogP contribution in [0.25, 0.3) is 0 Å². The Morgan fingerprint density at radius 1 is 1.15 bits per heavy atom. The predicted octanol–water partition coefficient (Wildman–Crippen LogP) is 0.720. The largest absolute Gasteiger partial charge is 0.481 e. The first-order chi connectivity index (χ1) is 18.3. The maximum Gasteiger partial charge on any atom is 0.357 e. The SMILES string of the molecule is CC(=O)O[C@H](C(=O)O)[C@H](OC(C)=O)C(=O)OC1=CC[C@@]2(O)[C@@H](C)N(C)CC[C@@]23c2c(C)ccc(CO)c2O[C@@H]13. The van der Waals surface area contributed by atoms with Crippen LogP contribution in [0.2, 0.25) is 0 Å². The molecule has 212 valence electrons. The molecule has 3 aliphatic rings. The first-order valence-corrected chi connectivity index (χ1v) is 12.6. The summed E-state index contributed by atoms with van der Waals surface area (Å²) >= 11 is 0. The van der Waals surface area contributed by atoms with Gasteiger partial charge >= 0.3 is 23.9 Å². The molecule has 1 fully saturated rings. The Labute approximate surface area is 225 Å². The fourth-order valence-corrected chi connectivity index (χ4v) is 6.21. The lowest BCUT2D eigenvalue weighted by atomic mass is 9.54. The number of aliphatic carboxylic acids is 1. The van der Waals surface area contributed by atoms with Crippen molar-refractivity contribution in [2.45, 2.75) is 82.5 Å². The molecule has 0 bridgehead atoms. The molecule has 0 saturated carbocycles. The molecule has 4 rings (SSSR count). The highest BCUT2D eigenvalue weighted by Crippen LogP contribution is 2.61. The highest BCUT2D eigenvalue weighted by molar-refractivity contribution is 5.88. The van der Waals surface area contributed by atoms with Gasteiger partial charge < -0.3 is 39.2 Å². The molecule has 1 spiro atoms. The topological polar surface area (TPSA) is 169 Å². The predicted molar refractivity (Wildman–Crippen MR) is 132 cm³/mol. The number of piperidine rings is 1. The van der Waals surface area contributed by atoms with Gasteiger partial charge in [0.05, 0.1) is 17.6 Å². The zero-order valence-corrected chi connectivity index (χ0v) is 22.4. The summed E-state index contributed by atoms with van der Waals surface area (Å²) in [5, 5.41) is 31.9. The summed E-state index contributed by atoms with van der Waals surface area (Å²) in [6.45, 7) is 5.95. The molecule has 1 aromatic rings. The molecule has 12 heteroatoms. The molecule has 12 nitrogen and oxygen atoms in total. The summed E-state index contributed by atoms with van der Waals surface area (Å²) in [6, 6.07) is 3.23. The Bertz CT molecular complexity index is 1240. The summed E-state index contributed by atoms with van der Waals surface area (Å²) in [4.78, 5) is 50.4. The summed E-state index contributed by atoms with van der Waals surface area (Å²) in [6.07, 6.45) is -3.28. The van der Waals surface area contributed by atoms with E-state index in [1.165, 1.54) is 6.08 Å². The number of fused-ring (bicyclic) bond motifs is 1. The lowest BCUT2D eigenvalue weighted by molar-refractivity contribution is -0.189. The Kier molecular flexibility index (Phi) is 7.50. The highest BCUT2D eigenvalue weighted by atomic mass is 16.6. The molecule has 39 heavy (non-hydrogen) atoms. The highest BCUT2D eigenvalue weighted by Gasteiger charge is 2.69. The summed E-state index contributed by atoms with van der Waals surface area (Å²) in [7, 11) is 1.91. The third kappa shape index (κ3) is 4.46. The Hall–Kier alpha value is -3.48. The molecule has 0 radical (unpaired) electrons. The number of likely N-dealkylation sites (tertiary alicyclic amines) is 1. The Morgan fingerprint density at radius 2 is 1.79 bits per heavy atom. The summed E-state index contributed by atoms with van der Waals surface area (Å²) < 4.78 is 21.7. The molecule has 0 aromatic heterocycles. The van der Waals surface area contributed by atoms with Crippen LogP contribution in [-0.2, 0) is 45.4 Å². The number of aliphatic hydroxyl groups is 2. The average Bonchev–Trinajstić information content (AvgIpc) is 3.23. The maximum absolute atomic E-state index is 13.3. The number of benzene rings is 1. The molecule has 1 aromatic carbocycles. The van der Waals surface area contributed by atoms with E-state index < -0.39 is 53.2 Å². The molecule has 1 saturated heterocycles. The van der Waals surface area contributed by atoms with Crippen molar-refractivity contribution >= 4 is 23.9 Å². The smallest absolute Gasteiger partial charge is 0.357 e. The number of aryl methyl sites for hydroxylation is 1. The van der Waals surface area contributed by atoms with E-state index in [1.807, 2.05) is 31.9 Å². The van der Waals surface area contributed by atoms with Gasteiger partial charge in [0.25, 0.3) is 0 Å². The van der Waals surface area contributed by atoms with Crippen molar-refractivity contribution in [3.63, 3.8) is 0 Å². The summed E-state index contributed by atoms with van der Waals surface area (Å²) in [5.74, 6) is -4.61. The van der Waals surface area contributed by atoms with E-state index in [2.05, 4.69) is 0 Å². The minimum Gasteiger partial charge on any atom is -0.481 e. The zero-order valence-electron chi connectivity index (χ0n) is 22.4. The van der Waals surface area contributed by atoms with Crippen molar-refractivity contribution < 1.29 is 53.4 Å². The van der Waals surface area contributed by atoms with Gasteiger partial charge in [-0.15, -0.1) is 0 Å². The van der Waals surface area contributed by atoms with Crippen molar-refractivity contribution in [2.75, 3.05) is 13.6 Å². The minimum atomic E-state index is -2.15. The second-order valence-electron chi connectivity index (χ2n) is 10.3. The van der Waals surface area contributed by atoms with Crippen LogP contribution < -0.4 is 4.74 Å². The van der Waals surface area contributed by atoms with Crippen LogP contribution >= 0.6 is 0 Å². The monoisotopic (exact) mass is 547 g/mol. The standard InChI is InChI=1S/C27H33NO11/c1-13-6-7-17(12-29)20-19(13)26-10-11-28(5)14(2)27(26,35)9-8-18(23(26)39-20)38-25(34)22(37-16(4)31)21(24(32)33)36-15(3)30/h6-8,14,21-23,29,35H,9-12H2,1-5H3,(H,32,33)/t14-,21+,22+,23+,26+,27-/m1/s1. The third-order valence-electron chi connectivity index (χ3n) is 8.16. The number of ether oxygens (including phenoxy) is 4. The first kappa shape index (κ1) is 28.5. The van der Waals surface area contributed by atoms with E-state index in [1.54, 1.807) is 6.07 Å². The number of carboxylic acid groups (broad SMARTS) is 1. The number of likely N-dealkylation sites (N-methyl/N-ethyl adjacent to an activating group) is 1. The van der Waals surface area contributed by atoms with E-state index in [4.69, 9.17) is 18.9 Å². The molecule has 3 N–H and O–H groups in total. The quantitative estimate of drug-likeness (QED) is 0.323. The number of aliphatic hydroxyl groups excluding tert-OH is 1. The van der Waals surface area contributed by atoms with Gasteiger partial charge in [-0.05, 0) is 45.5 Å². The maximum atomic E-state index is 13.3. The van der Waals surface area contributed by atoms with Gasteiger partial charge in [0, 0.05) is 37.4 Å². The number of carboxylic acids is 1. The fraction of sp³-hybridized carbons (Fsp3) is 0.556. The lowest BCUT2D eigenvalue weighted by Crippen LogP contribution is -2.71. The van der Waals surface area contributed by atoms with Crippen LogP contribution in [0.15, 0.2) is 24.0 Å². The van der Waals surface area contributed by atoms with Crippen LogP contribution in [0.3, 0.4) is 0 Å². The van der Waals surface area contributed by atoms with E-state index >= 15 is 0 Å². The average molecular weight is 548 g/mol. The van der Waals surface area contributed by atoms with Crippen molar-refractivity contribution in [1.82, 2.24) is 4.90 Å². The van der Waals surface area contributed by atoms with Gasteiger partial charge in [-0.2, -0.15) is 0 Å². The molecule has 6 atom stereocenters. The van der Waals surface area contributed by atoms with Gasteiger partial charge in [-0.3, -0.25) is 9.59 Å². The Morgan fingerprint density at radius 3 is 2.38 bits per heavy atom. The van der Waals surface area contributed by atoms with Crippen LogP contribution in [0, 0.1) is 6.92 Å². The van der Waals surface area contributed by atoms with E-state index in [9.17, 15) is 34.5 Å². The minimum absolute atomic E-state index is 0.00923. The number of nitrogens with zero attached hydrogens (tertiary/aromatic N) is 1. The molecular formula is C27H33NO11. The molecule has 2 aliphatic heterocycles. The van der Waals surface area contributed by atoms with Crippen molar-refractivity contribution in [2.24, 2.45) is 0 Å². The van der Waals surface area contributed by atoms with Gasteiger partial charge in [0.2, 0.25) is 12.2 Å². The van der Waals surface area contributed by atoms with Crippen LogP contribution in [0.5, 0.6) is 5.75 Å². The number of hydrogen-bond acceptors (Lipinski definition) is 11. The van der Waals surface area contributed by atoms with E-state index in [0.717, 1.165) is 19.4 Å². The van der Waals surface area contributed by atoms with Crippen molar-refractivity contribution in [3.8, 4) is 5.75 Å². The number of carbonyl (C=O) groups excluding carboxylic acids is 3. The first-order valence-electron chi connectivity index (χ1n) is 12.6. The number of hydrogen-bond donors (Lipinski definition) is 3. The number of esters is 3. The van der Waals surface area contributed by atoms with Gasteiger partial charge in [0.1, 0.15) is 11.5 Å². The lowest BCUT2D eigenvalue weighted by Gasteiger charge is -2.58. The Balaban J connectivity index is 1.80. The summed E-state index contributed by atoms with van der Waals surface area (Å²) in [5.41, 5.74) is -0.402. The van der Waals surface area contributed by atoms with Crippen molar-refractivity contribution in [1.29, 1.82) is 0 Å². The van der Waals surface area contributed by atoms with Gasteiger partial charge in [0.15, 0.2) is 6.10 Å². The second kappa shape index (κ2) is 10.2. The van der Waals surface area contributed by atoms with Gasteiger partial charge in [-0.1, -0.05) is 12.1 Å². The number of carbonyl (C=O) groups is 4. The molecular weight excluding hydrogens is 514 g/mol. The van der Waals surface area contributed by atoms with E-state index in [0.29, 0.717) is 29.8 Å². The number of rotatable bonds is 7. The van der Waals surface area contributed by atoms with Gasteiger partial charge in [-0.25, -0.2) is 9.59 Å². The fourth-order valence-electron chi connectivity index (χ4n) is 6.21. The van der Waals surface area contributed by atoms with Crippen LogP contribution in [-0.4, -0.2) is 87.6 Å². The zero-order chi connectivity index (χ0) is 28.9. The van der Waals surface area contributed by atoms with Crippen LogP contribution in [0.1, 0.15) is 50.3 Å². The van der Waals surface area contributed by atoms with E-state index in [-0.39, 0.29) is 24.8 Å². The van der Waals surface area contributed by atoms with Crippen molar-refractivity contribution in [3.05, 3.63) is 40.7 Å². The normalized spacial score (nSPS) is 28.9.